The van der Waals surface area contributed by atoms with Crippen molar-refractivity contribution in [2.45, 2.75) is 40.2 Å². The lowest BCUT2D eigenvalue weighted by molar-refractivity contribution is -0.137. The normalized spacial score (nSPS) is 12.6. The van der Waals surface area contributed by atoms with Gasteiger partial charge in [-0.05, 0) is 55.5 Å². The third-order valence-electron chi connectivity index (χ3n) is 3.19. The Morgan fingerprint density at radius 3 is 2.06 bits per heavy atom. The Morgan fingerprint density at radius 1 is 1.25 bits per heavy atom. The summed E-state index contributed by atoms with van der Waals surface area (Å²) in [5.74, 6) is -0.856. The van der Waals surface area contributed by atoms with Crippen molar-refractivity contribution in [1.29, 1.82) is 0 Å². The molecule has 0 heterocycles. The van der Waals surface area contributed by atoms with Gasteiger partial charge in [0.15, 0.2) is 0 Å². The molecule has 0 spiro atoms. The van der Waals surface area contributed by atoms with Gasteiger partial charge in [0.2, 0.25) is 0 Å². The molecule has 0 saturated carbocycles. The van der Waals surface area contributed by atoms with E-state index in [9.17, 15) is 4.79 Å². The van der Waals surface area contributed by atoms with Crippen molar-refractivity contribution in [3.05, 3.63) is 33.9 Å². The first-order valence-corrected chi connectivity index (χ1v) is 5.39. The second-order valence-corrected chi connectivity index (χ2v) is 4.38. The molecule has 0 aliphatic heterocycles. The smallest absolute Gasteiger partial charge is 0.305 e. The van der Waals surface area contributed by atoms with Crippen LogP contribution < -0.4 is 5.73 Å². The first kappa shape index (κ1) is 12.7. The van der Waals surface area contributed by atoms with Crippen molar-refractivity contribution < 1.29 is 9.90 Å². The Hall–Kier alpha value is -1.35. The van der Waals surface area contributed by atoms with Gasteiger partial charge in [0, 0.05) is 6.04 Å². The van der Waals surface area contributed by atoms with Gasteiger partial charge in [-0.25, -0.2) is 0 Å². The van der Waals surface area contributed by atoms with Crippen molar-refractivity contribution in [2.24, 2.45) is 5.73 Å². The number of nitrogens with two attached hydrogens (primary N) is 1. The van der Waals surface area contributed by atoms with Gasteiger partial charge in [0.1, 0.15) is 0 Å². The largest absolute Gasteiger partial charge is 0.481 e. The molecule has 0 aromatic heterocycles. The molecule has 88 valence electrons. The third kappa shape index (κ3) is 2.42. The van der Waals surface area contributed by atoms with Crippen LogP contribution in [0.25, 0.3) is 0 Å². The molecule has 1 aromatic rings. The first-order chi connectivity index (χ1) is 7.34. The molecule has 1 unspecified atom stereocenters. The van der Waals surface area contributed by atoms with Crippen molar-refractivity contribution in [3.8, 4) is 0 Å². The van der Waals surface area contributed by atoms with Crippen LogP contribution in [-0.2, 0) is 4.79 Å². The molecule has 3 heteroatoms. The molecule has 0 saturated heterocycles. The highest BCUT2D eigenvalue weighted by atomic mass is 16.4. The van der Waals surface area contributed by atoms with E-state index in [1.54, 1.807) is 0 Å². The number of hydrogen-bond donors (Lipinski definition) is 2. The van der Waals surface area contributed by atoms with Crippen LogP contribution >= 0.6 is 0 Å². The summed E-state index contributed by atoms with van der Waals surface area (Å²) in [5.41, 5.74) is 11.5. The number of aryl methyl sites for hydroxylation is 2. The van der Waals surface area contributed by atoms with Crippen LogP contribution in [0.15, 0.2) is 6.07 Å². The maximum atomic E-state index is 10.7. The molecular weight excluding hydrogens is 202 g/mol. The molecule has 1 aromatic carbocycles. The summed E-state index contributed by atoms with van der Waals surface area (Å²) in [6.07, 6.45) is -0.0232. The molecule has 1 atom stereocenters. The Bertz CT molecular complexity index is 398. The Morgan fingerprint density at radius 2 is 1.69 bits per heavy atom. The maximum absolute atomic E-state index is 10.7. The molecule has 0 radical (unpaired) electrons. The fraction of sp³-hybridized carbons (Fsp3) is 0.462. The molecular formula is C13H19NO2. The van der Waals surface area contributed by atoms with E-state index in [0.29, 0.717) is 0 Å². The van der Waals surface area contributed by atoms with Gasteiger partial charge in [-0.15, -0.1) is 0 Å². The Labute approximate surface area is 96.3 Å². The van der Waals surface area contributed by atoms with Crippen LogP contribution in [0.5, 0.6) is 0 Å². The summed E-state index contributed by atoms with van der Waals surface area (Å²) in [6, 6.07) is 1.69. The van der Waals surface area contributed by atoms with Crippen molar-refractivity contribution in [3.63, 3.8) is 0 Å². The van der Waals surface area contributed by atoms with E-state index in [1.165, 1.54) is 11.1 Å². The summed E-state index contributed by atoms with van der Waals surface area (Å²) >= 11 is 0. The van der Waals surface area contributed by atoms with Crippen LogP contribution in [0, 0.1) is 27.7 Å². The highest BCUT2D eigenvalue weighted by Gasteiger charge is 2.17. The van der Waals surface area contributed by atoms with Gasteiger partial charge in [0.25, 0.3) is 0 Å². The van der Waals surface area contributed by atoms with Gasteiger partial charge >= 0.3 is 5.97 Å². The Kier molecular flexibility index (Phi) is 3.70. The lowest BCUT2D eigenvalue weighted by atomic mass is 9.89. The number of aliphatic carboxylic acids is 1. The van der Waals surface area contributed by atoms with E-state index in [0.717, 1.165) is 16.7 Å². The third-order valence-corrected chi connectivity index (χ3v) is 3.19. The quantitative estimate of drug-likeness (QED) is 0.823. The molecule has 0 fully saturated rings. The number of benzene rings is 1. The van der Waals surface area contributed by atoms with E-state index in [1.807, 2.05) is 27.7 Å². The van der Waals surface area contributed by atoms with Crippen LogP contribution in [0.3, 0.4) is 0 Å². The Balaban J connectivity index is 3.26. The minimum atomic E-state index is -0.856. The molecule has 0 aliphatic rings. The standard InChI is InChI=1S/C13H19NO2/c1-7-5-8(2)10(4)13(9(7)3)11(14)6-12(15)16/h5,11H,6,14H2,1-4H3,(H,15,16). The molecule has 1 rings (SSSR count). The molecule has 0 bridgehead atoms. The van der Waals surface area contributed by atoms with E-state index in [2.05, 4.69) is 6.07 Å². The van der Waals surface area contributed by atoms with Crippen LogP contribution in [-0.4, -0.2) is 11.1 Å². The number of rotatable bonds is 3. The summed E-state index contributed by atoms with van der Waals surface area (Å²) in [4.78, 5) is 10.7. The van der Waals surface area contributed by atoms with Crippen molar-refractivity contribution in [2.75, 3.05) is 0 Å². The lowest BCUT2D eigenvalue weighted by Gasteiger charge is -2.19. The van der Waals surface area contributed by atoms with Crippen molar-refractivity contribution in [1.82, 2.24) is 0 Å². The topological polar surface area (TPSA) is 63.3 Å². The number of carboxylic acid groups (broad SMARTS) is 1. The highest BCUT2D eigenvalue weighted by Crippen LogP contribution is 2.27. The molecule has 16 heavy (non-hydrogen) atoms. The minimum absolute atomic E-state index is 0.0232. The predicted octanol–water partition coefficient (Wildman–Crippen LogP) is 2.39. The second kappa shape index (κ2) is 4.66. The van der Waals surface area contributed by atoms with Crippen LogP contribution in [0.2, 0.25) is 0 Å². The number of hydrogen-bond acceptors (Lipinski definition) is 2. The van der Waals surface area contributed by atoms with Crippen LogP contribution in [0.4, 0.5) is 0 Å². The second-order valence-electron chi connectivity index (χ2n) is 4.38. The number of carboxylic acids is 1. The van der Waals surface area contributed by atoms with Gasteiger partial charge in [-0.2, -0.15) is 0 Å². The van der Waals surface area contributed by atoms with E-state index < -0.39 is 12.0 Å². The average Bonchev–Trinajstić information content (AvgIpc) is 2.14. The SMILES string of the molecule is Cc1cc(C)c(C)c(C(N)CC(=O)O)c1C. The fourth-order valence-electron chi connectivity index (χ4n) is 2.09. The predicted molar refractivity (Wildman–Crippen MR) is 64.6 cm³/mol. The zero-order valence-electron chi connectivity index (χ0n) is 10.3. The monoisotopic (exact) mass is 221 g/mol. The minimum Gasteiger partial charge on any atom is -0.481 e. The summed E-state index contributed by atoms with van der Waals surface area (Å²) in [6.45, 7) is 8.05. The fourth-order valence-corrected chi connectivity index (χ4v) is 2.09. The first-order valence-electron chi connectivity index (χ1n) is 5.39. The average molecular weight is 221 g/mol. The van der Waals surface area contributed by atoms with Gasteiger partial charge in [0.05, 0.1) is 6.42 Å². The van der Waals surface area contributed by atoms with Gasteiger partial charge in [-0.1, -0.05) is 6.07 Å². The molecule has 0 aliphatic carbocycles. The van der Waals surface area contributed by atoms with E-state index in [-0.39, 0.29) is 6.42 Å². The van der Waals surface area contributed by atoms with E-state index in [4.69, 9.17) is 10.8 Å². The van der Waals surface area contributed by atoms with Crippen LogP contribution in [0.1, 0.15) is 40.3 Å². The summed E-state index contributed by atoms with van der Waals surface area (Å²) in [5, 5.41) is 8.79. The zero-order valence-corrected chi connectivity index (χ0v) is 10.3. The molecule has 3 nitrogen and oxygen atoms in total. The molecule has 0 amide bonds. The highest BCUT2D eigenvalue weighted by molar-refractivity contribution is 5.68. The van der Waals surface area contributed by atoms with Gasteiger partial charge < -0.3 is 10.8 Å². The van der Waals surface area contributed by atoms with E-state index >= 15 is 0 Å². The lowest BCUT2D eigenvalue weighted by Crippen LogP contribution is -2.18. The molecule has 3 N–H and O–H groups in total. The van der Waals surface area contributed by atoms with Crippen molar-refractivity contribution >= 4 is 5.97 Å². The summed E-state index contributed by atoms with van der Waals surface area (Å²) in [7, 11) is 0. The van der Waals surface area contributed by atoms with Gasteiger partial charge in [-0.3, -0.25) is 4.79 Å². The number of carbonyl (C=O) groups is 1. The zero-order chi connectivity index (χ0) is 12.5. The maximum Gasteiger partial charge on any atom is 0.305 e. The summed E-state index contributed by atoms with van der Waals surface area (Å²) < 4.78 is 0.